The molecule has 1 aliphatic rings. The molecule has 0 spiro atoms. The van der Waals surface area contributed by atoms with Crippen molar-refractivity contribution in [3.8, 4) is 0 Å². The highest BCUT2D eigenvalue weighted by Gasteiger charge is 2.34. The minimum absolute atomic E-state index is 0.0244. The van der Waals surface area contributed by atoms with Crippen molar-refractivity contribution in [2.75, 3.05) is 24.8 Å². The summed E-state index contributed by atoms with van der Waals surface area (Å²) in [5.74, 6) is -0.381. The first kappa shape index (κ1) is 17.0. The normalized spacial score (nSPS) is 17.8. The molecule has 3 rings (SSSR count). The number of anilines is 1. The van der Waals surface area contributed by atoms with Crippen molar-refractivity contribution in [3.05, 3.63) is 46.7 Å². The average Bonchev–Trinajstić information content (AvgIpc) is 3.10. The van der Waals surface area contributed by atoms with Crippen LogP contribution in [0.15, 0.2) is 46.7 Å². The maximum atomic E-state index is 12.7. The maximum Gasteiger partial charge on any atom is 0.249 e. The second kappa shape index (κ2) is 7.83. The van der Waals surface area contributed by atoms with Crippen LogP contribution in [-0.2, 0) is 20.9 Å². The average molecular weight is 362 g/mol. The summed E-state index contributed by atoms with van der Waals surface area (Å²) in [7, 11) is 0. The summed E-state index contributed by atoms with van der Waals surface area (Å²) in [5.41, 5.74) is 0.754. The standard InChI is InChI=1S/C17H18N2O3S2/c1-23-15-7-3-2-6-13(15)18-17(21)14-10-22-11-16(20)19(14)9-12-5-4-8-24-12/h2-8,14H,9-11H2,1H3,(H,18,21). The second-order valence-corrected chi connectivity index (χ2v) is 7.20. The number of amides is 2. The minimum Gasteiger partial charge on any atom is -0.369 e. The molecule has 1 aliphatic heterocycles. The lowest BCUT2D eigenvalue weighted by Crippen LogP contribution is -2.54. The van der Waals surface area contributed by atoms with E-state index in [1.807, 2.05) is 48.0 Å². The highest BCUT2D eigenvalue weighted by molar-refractivity contribution is 7.98. The van der Waals surface area contributed by atoms with Gasteiger partial charge in [0.15, 0.2) is 0 Å². The first-order valence-electron chi connectivity index (χ1n) is 7.52. The van der Waals surface area contributed by atoms with E-state index in [2.05, 4.69) is 5.32 Å². The van der Waals surface area contributed by atoms with Crippen LogP contribution in [0.1, 0.15) is 4.88 Å². The lowest BCUT2D eigenvalue weighted by atomic mass is 10.2. The van der Waals surface area contributed by atoms with Crippen LogP contribution in [0.25, 0.3) is 0 Å². The number of hydrogen-bond acceptors (Lipinski definition) is 5. The molecule has 0 bridgehead atoms. The highest BCUT2D eigenvalue weighted by atomic mass is 32.2. The number of morpholine rings is 1. The van der Waals surface area contributed by atoms with E-state index in [0.717, 1.165) is 15.5 Å². The van der Waals surface area contributed by atoms with Crippen LogP contribution in [-0.4, -0.2) is 42.2 Å². The molecule has 1 aromatic heterocycles. The number of carbonyl (C=O) groups excluding carboxylic acids is 2. The summed E-state index contributed by atoms with van der Waals surface area (Å²) in [6.45, 7) is 0.670. The van der Waals surface area contributed by atoms with Crippen molar-refractivity contribution in [2.24, 2.45) is 0 Å². The second-order valence-electron chi connectivity index (χ2n) is 5.32. The number of hydrogen-bond donors (Lipinski definition) is 1. The molecule has 1 atom stereocenters. The van der Waals surface area contributed by atoms with E-state index < -0.39 is 6.04 Å². The van der Waals surface area contributed by atoms with Gasteiger partial charge in [0.05, 0.1) is 18.8 Å². The van der Waals surface area contributed by atoms with Crippen molar-refractivity contribution in [1.29, 1.82) is 0 Å². The quantitative estimate of drug-likeness (QED) is 0.831. The molecular weight excluding hydrogens is 344 g/mol. The van der Waals surface area contributed by atoms with Crippen molar-refractivity contribution in [2.45, 2.75) is 17.5 Å². The maximum absolute atomic E-state index is 12.7. The summed E-state index contributed by atoms with van der Waals surface area (Å²) in [5, 5.41) is 4.89. The fourth-order valence-electron chi connectivity index (χ4n) is 2.55. The lowest BCUT2D eigenvalue weighted by Gasteiger charge is -2.34. The van der Waals surface area contributed by atoms with E-state index in [1.165, 1.54) is 0 Å². The third-order valence-corrected chi connectivity index (χ3v) is 5.43. The zero-order valence-electron chi connectivity index (χ0n) is 13.2. The number of nitrogens with one attached hydrogen (secondary N) is 1. The number of benzene rings is 1. The number of ether oxygens (including phenoxy) is 1. The van der Waals surface area contributed by atoms with Gasteiger partial charge in [0, 0.05) is 9.77 Å². The fourth-order valence-corrected chi connectivity index (χ4v) is 3.81. The molecule has 0 saturated carbocycles. The van der Waals surface area contributed by atoms with Gasteiger partial charge in [0.25, 0.3) is 0 Å². The molecule has 7 heteroatoms. The van der Waals surface area contributed by atoms with E-state index in [0.29, 0.717) is 6.54 Å². The van der Waals surface area contributed by atoms with Gasteiger partial charge in [-0.25, -0.2) is 0 Å². The summed E-state index contributed by atoms with van der Waals surface area (Å²) < 4.78 is 5.31. The Morgan fingerprint density at radius 3 is 2.96 bits per heavy atom. The topological polar surface area (TPSA) is 58.6 Å². The number of para-hydroxylation sites is 1. The third-order valence-electron chi connectivity index (χ3n) is 3.77. The van der Waals surface area contributed by atoms with Crippen LogP contribution in [0.2, 0.25) is 0 Å². The zero-order valence-corrected chi connectivity index (χ0v) is 14.9. The van der Waals surface area contributed by atoms with Crippen molar-refractivity contribution < 1.29 is 14.3 Å². The monoisotopic (exact) mass is 362 g/mol. The van der Waals surface area contributed by atoms with Gasteiger partial charge < -0.3 is 15.0 Å². The van der Waals surface area contributed by atoms with Crippen molar-refractivity contribution in [1.82, 2.24) is 4.90 Å². The Bertz CT molecular complexity index is 718. The predicted molar refractivity (Wildman–Crippen MR) is 96.3 cm³/mol. The SMILES string of the molecule is CSc1ccccc1NC(=O)C1COCC(=O)N1Cc1cccs1. The summed E-state index contributed by atoms with van der Waals surface area (Å²) >= 11 is 3.14. The van der Waals surface area contributed by atoms with E-state index in [-0.39, 0.29) is 25.0 Å². The molecule has 1 unspecified atom stereocenters. The molecule has 1 saturated heterocycles. The minimum atomic E-state index is -0.622. The molecule has 2 aromatic rings. The van der Waals surface area contributed by atoms with Crippen LogP contribution in [0, 0.1) is 0 Å². The van der Waals surface area contributed by atoms with E-state index >= 15 is 0 Å². The van der Waals surface area contributed by atoms with Crippen LogP contribution in [0.5, 0.6) is 0 Å². The van der Waals surface area contributed by atoms with Crippen LogP contribution in [0.3, 0.4) is 0 Å². The fraction of sp³-hybridized carbons (Fsp3) is 0.294. The summed E-state index contributed by atoms with van der Waals surface area (Å²) in [4.78, 5) is 28.6. The van der Waals surface area contributed by atoms with E-state index in [4.69, 9.17) is 4.74 Å². The Kier molecular flexibility index (Phi) is 5.55. The van der Waals surface area contributed by atoms with Gasteiger partial charge in [-0.2, -0.15) is 0 Å². The molecule has 24 heavy (non-hydrogen) atoms. The smallest absolute Gasteiger partial charge is 0.249 e. The molecule has 2 heterocycles. The van der Waals surface area contributed by atoms with Gasteiger partial charge in [0.2, 0.25) is 11.8 Å². The largest absolute Gasteiger partial charge is 0.369 e. The van der Waals surface area contributed by atoms with E-state index in [9.17, 15) is 9.59 Å². The molecule has 0 aliphatic carbocycles. The van der Waals surface area contributed by atoms with Crippen LogP contribution < -0.4 is 5.32 Å². The molecule has 126 valence electrons. The predicted octanol–water partition coefficient (Wildman–Crippen LogP) is 2.84. The van der Waals surface area contributed by atoms with Gasteiger partial charge in [-0.05, 0) is 29.8 Å². The summed E-state index contributed by atoms with van der Waals surface area (Å²) in [6, 6.07) is 10.9. The van der Waals surface area contributed by atoms with E-state index in [1.54, 1.807) is 28.0 Å². The van der Waals surface area contributed by atoms with Gasteiger partial charge in [0.1, 0.15) is 12.6 Å². The molecule has 0 radical (unpaired) electrons. The number of rotatable bonds is 5. The Labute approximate surface area is 149 Å². The number of nitrogens with zero attached hydrogens (tertiary/aromatic N) is 1. The van der Waals surface area contributed by atoms with Crippen molar-refractivity contribution >= 4 is 40.6 Å². The van der Waals surface area contributed by atoms with Crippen molar-refractivity contribution in [3.63, 3.8) is 0 Å². The molecule has 1 N–H and O–H groups in total. The van der Waals surface area contributed by atoms with Gasteiger partial charge in [-0.15, -0.1) is 23.1 Å². The Morgan fingerprint density at radius 2 is 2.21 bits per heavy atom. The Balaban J connectivity index is 1.76. The summed E-state index contributed by atoms with van der Waals surface area (Å²) in [6.07, 6.45) is 1.96. The van der Waals surface area contributed by atoms with Gasteiger partial charge in [-0.3, -0.25) is 9.59 Å². The Hall–Kier alpha value is -1.83. The third kappa shape index (κ3) is 3.80. The van der Waals surface area contributed by atoms with Crippen LogP contribution in [0.4, 0.5) is 5.69 Å². The number of thioether (sulfide) groups is 1. The highest BCUT2D eigenvalue weighted by Crippen LogP contribution is 2.25. The van der Waals surface area contributed by atoms with Gasteiger partial charge in [-0.1, -0.05) is 18.2 Å². The first-order chi connectivity index (χ1) is 11.7. The molecule has 1 fully saturated rings. The number of carbonyl (C=O) groups is 2. The molecule has 1 aromatic carbocycles. The molecular formula is C17H18N2O3S2. The van der Waals surface area contributed by atoms with Gasteiger partial charge >= 0.3 is 0 Å². The molecule has 2 amide bonds. The van der Waals surface area contributed by atoms with Crippen LogP contribution >= 0.6 is 23.1 Å². The molecule has 5 nitrogen and oxygen atoms in total. The number of thiophene rings is 1. The Morgan fingerprint density at radius 1 is 1.38 bits per heavy atom. The first-order valence-corrected chi connectivity index (χ1v) is 9.63. The lowest BCUT2D eigenvalue weighted by molar-refractivity contribution is -0.153. The zero-order chi connectivity index (χ0) is 16.9.